The fraction of sp³-hybridized carbons (Fsp3) is 0.833. The van der Waals surface area contributed by atoms with Crippen molar-refractivity contribution in [3.8, 4) is 0 Å². The number of likely N-dealkylation sites (tertiary alicyclic amines) is 1. The molecule has 1 aliphatic heterocycles. The number of allylic oxidation sites excluding steroid dienone is 1. The lowest BCUT2D eigenvalue weighted by molar-refractivity contribution is 0.268. The van der Waals surface area contributed by atoms with Crippen LogP contribution in [0.4, 0.5) is 0 Å². The summed E-state index contributed by atoms with van der Waals surface area (Å²) in [6, 6.07) is 0. The van der Waals surface area contributed by atoms with E-state index in [0.717, 1.165) is 5.67 Å². The van der Waals surface area contributed by atoms with Crippen LogP contribution in [0.15, 0.2) is 11.8 Å². The van der Waals surface area contributed by atoms with E-state index in [9.17, 15) is 0 Å². The highest BCUT2D eigenvalue weighted by atomic mass is 28.3. The standard InChI is InChI=1S/C12H25NSi/c1-11(2)14(4)12(3)13-9-7-5-6-8-10-13/h12,14H,1,5-10H2,2-4H3. The summed E-state index contributed by atoms with van der Waals surface area (Å²) in [7, 11) is -0.731. The molecule has 0 spiro atoms. The van der Waals surface area contributed by atoms with E-state index < -0.39 is 8.80 Å². The lowest BCUT2D eigenvalue weighted by Gasteiger charge is -2.31. The highest BCUT2D eigenvalue weighted by molar-refractivity contribution is 6.66. The molecule has 0 N–H and O–H groups in total. The van der Waals surface area contributed by atoms with Crippen molar-refractivity contribution in [2.75, 3.05) is 13.1 Å². The van der Waals surface area contributed by atoms with E-state index in [2.05, 4.69) is 31.9 Å². The van der Waals surface area contributed by atoms with Crippen molar-refractivity contribution in [3.63, 3.8) is 0 Å². The fourth-order valence-corrected chi connectivity index (χ4v) is 3.98. The van der Waals surface area contributed by atoms with Crippen molar-refractivity contribution >= 4 is 8.80 Å². The minimum atomic E-state index is -0.731. The van der Waals surface area contributed by atoms with Gasteiger partial charge in [0.25, 0.3) is 0 Å². The predicted molar refractivity (Wildman–Crippen MR) is 67.3 cm³/mol. The molecule has 0 amide bonds. The van der Waals surface area contributed by atoms with Crippen LogP contribution in [0.3, 0.4) is 0 Å². The molecule has 1 aliphatic rings. The molecule has 0 saturated carbocycles. The fourth-order valence-electron chi connectivity index (χ4n) is 2.23. The van der Waals surface area contributed by atoms with Crippen molar-refractivity contribution < 1.29 is 0 Å². The minimum absolute atomic E-state index is 0.731. The van der Waals surface area contributed by atoms with Gasteiger partial charge in [-0.3, -0.25) is 0 Å². The first kappa shape index (κ1) is 12.0. The molecule has 1 saturated heterocycles. The Kier molecular flexibility index (Phi) is 4.89. The van der Waals surface area contributed by atoms with Crippen LogP contribution in [0.5, 0.6) is 0 Å². The van der Waals surface area contributed by atoms with Crippen LogP contribution in [0.1, 0.15) is 39.5 Å². The molecule has 2 heteroatoms. The van der Waals surface area contributed by atoms with Crippen molar-refractivity contribution in [2.45, 2.75) is 51.7 Å². The lowest BCUT2D eigenvalue weighted by Crippen LogP contribution is -2.43. The number of rotatable bonds is 3. The summed E-state index contributed by atoms with van der Waals surface area (Å²) in [6.45, 7) is 13.8. The van der Waals surface area contributed by atoms with E-state index in [0.29, 0.717) is 0 Å². The zero-order chi connectivity index (χ0) is 10.6. The van der Waals surface area contributed by atoms with Gasteiger partial charge in [0.1, 0.15) is 0 Å². The summed E-state index contributed by atoms with van der Waals surface area (Å²) < 4.78 is 0. The van der Waals surface area contributed by atoms with E-state index in [1.807, 2.05) is 0 Å². The molecule has 1 nitrogen and oxygen atoms in total. The predicted octanol–water partition coefficient (Wildman–Crippen LogP) is 2.76. The zero-order valence-electron chi connectivity index (χ0n) is 10.1. The van der Waals surface area contributed by atoms with Crippen LogP contribution in [0.2, 0.25) is 6.55 Å². The highest BCUT2D eigenvalue weighted by Gasteiger charge is 2.22. The molecule has 0 aromatic heterocycles. The van der Waals surface area contributed by atoms with Gasteiger partial charge in [-0.15, -0.1) is 6.58 Å². The van der Waals surface area contributed by atoms with E-state index >= 15 is 0 Å². The molecular weight excluding hydrogens is 186 g/mol. The summed E-state index contributed by atoms with van der Waals surface area (Å²) >= 11 is 0. The molecular formula is C12H25NSi. The van der Waals surface area contributed by atoms with Gasteiger partial charge in [-0.05, 0) is 32.9 Å². The zero-order valence-corrected chi connectivity index (χ0v) is 11.2. The van der Waals surface area contributed by atoms with E-state index in [1.165, 1.54) is 44.0 Å². The summed E-state index contributed by atoms with van der Waals surface area (Å²) in [5.74, 6) is 0. The van der Waals surface area contributed by atoms with Gasteiger partial charge in [0, 0.05) is 5.67 Å². The molecule has 2 atom stereocenters. The Labute approximate surface area is 90.8 Å². The van der Waals surface area contributed by atoms with Gasteiger partial charge in [0.15, 0.2) is 0 Å². The van der Waals surface area contributed by atoms with Crippen LogP contribution >= 0.6 is 0 Å². The average Bonchev–Trinajstić information content (AvgIpc) is 2.43. The molecule has 0 radical (unpaired) electrons. The highest BCUT2D eigenvalue weighted by Crippen LogP contribution is 2.15. The molecule has 1 rings (SSSR count). The molecule has 0 aromatic rings. The number of hydrogen-bond acceptors (Lipinski definition) is 1. The quantitative estimate of drug-likeness (QED) is 0.649. The second kappa shape index (κ2) is 5.71. The first-order valence-corrected chi connectivity index (χ1v) is 8.42. The van der Waals surface area contributed by atoms with Crippen molar-refractivity contribution in [2.24, 2.45) is 0 Å². The van der Waals surface area contributed by atoms with Gasteiger partial charge < -0.3 is 4.90 Å². The van der Waals surface area contributed by atoms with Gasteiger partial charge in [0.05, 0.1) is 8.80 Å². The van der Waals surface area contributed by atoms with Crippen LogP contribution in [0, 0.1) is 0 Å². The summed E-state index contributed by atoms with van der Waals surface area (Å²) in [5.41, 5.74) is 0.811. The van der Waals surface area contributed by atoms with Gasteiger partial charge in [-0.1, -0.05) is 31.5 Å². The smallest absolute Gasteiger partial charge is 0.0800 e. The number of hydrogen-bond donors (Lipinski definition) is 0. The Morgan fingerprint density at radius 1 is 1.21 bits per heavy atom. The molecule has 14 heavy (non-hydrogen) atoms. The number of nitrogens with zero attached hydrogens (tertiary/aromatic N) is 1. The van der Waals surface area contributed by atoms with E-state index in [-0.39, 0.29) is 0 Å². The molecule has 0 aliphatic carbocycles. The van der Waals surface area contributed by atoms with E-state index in [4.69, 9.17) is 0 Å². The molecule has 0 bridgehead atoms. The first-order valence-electron chi connectivity index (χ1n) is 6.02. The maximum absolute atomic E-state index is 4.13. The second-order valence-corrected chi connectivity index (χ2v) is 8.35. The Hall–Kier alpha value is -0.0831. The Bertz CT molecular complexity index is 183. The summed E-state index contributed by atoms with van der Waals surface area (Å²) in [5, 5.41) is 1.46. The Morgan fingerprint density at radius 2 is 1.71 bits per heavy atom. The minimum Gasteiger partial charge on any atom is -0.303 e. The molecule has 82 valence electrons. The van der Waals surface area contributed by atoms with Crippen molar-refractivity contribution in [1.82, 2.24) is 4.90 Å². The third-order valence-corrected chi connectivity index (χ3v) is 7.14. The largest absolute Gasteiger partial charge is 0.303 e. The van der Waals surface area contributed by atoms with Crippen LogP contribution < -0.4 is 0 Å². The maximum Gasteiger partial charge on any atom is 0.0800 e. The second-order valence-electron chi connectivity index (χ2n) is 4.83. The summed E-state index contributed by atoms with van der Waals surface area (Å²) in [6.07, 6.45) is 5.68. The normalized spacial score (nSPS) is 23.9. The lowest BCUT2D eigenvalue weighted by atomic mass is 10.2. The van der Waals surface area contributed by atoms with Crippen LogP contribution in [-0.2, 0) is 0 Å². The third-order valence-electron chi connectivity index (χ3n) is 3.72. The van der Waals surface area contributed by atoms with E-state index in [1.54, 1.807) is 0 Å². The first-order chi connectivity index (χ1) is 6.63. The molecule has 1 heterocycles. The van der Waals surface area contributed by atoms with Crippen LogP contribution in [-0.4, -0.2) is 32.5 Å². The van der Waals surface area contributed by atoms with Crippen molar-refractivity contribution in [1.29, 1.82) is 0 Å². The van der Waals surface area contributed by atoms with Gasteiger partial charge in [-0.25, -0.2) is 0 Å². The third kappa shape index (κ3) is 3.25. The SMILES string of the molecule is C=C(C)[SiH](C)C(C)N1CCCCCC1. The monoisotopic (exact) mass is 211 g/mol. The molecule has 1 fully saturated rings. The van der Waals surface area contributed by atoms with Gasteiger partial charge >= 0.3 is 0 Å². The average molecular weight is 211 g/mol. The van der Waals surface area contributed by atoms with Gasteiger partial charge in [-0.2, -0.15) is 0 Å². The summed E-state index contributed by atoms with van der Waals surface area (Å²) in [4.78, 5) is 2.71. The topological polar surface area (TPSA) is 3.24 Å². The van der Waals surface area contributed by atoms with Gasteiger partial charge in [0.2, 0.25) is 0 Å². The van der Waals surface area contributed by atoms with Crippen molar-refractivity contribution in [3.05, 3.63) is 11.8 Å². The molecule has 0 aromatic carbocycles. The van der Waals surface area contributed by atoms with Crippen LogP contribution in [0.25, 0.3) is 0 Å². The molecule has 2 unspecified atom stereocenters. The Morgan fingerprint density at radius 3 is 2.14 bits per heavy atom. The maximum atomic E-state index is 4.13. The Balaban J connectivity index is 2.48.